The van der Waals surface area contributed by atoms with E-state index in [2.05, 4.69) is 73.5 Å². The fourth-order valence-corrected chi connectivity index (χ4v) is 5.87. The highest BCUT2D eigenvalue weighted by Gasteiger charge is 2.54. The Morgan fingerprint density at radius 3 is 2.37 bits per heavy atom. The number of benzene rings is 4. The smallest absolute Gasteiger partial charge is 0.340 e. The first kappa shape index (κ1) is 24.1. The van der Waals surface area contributed by atoms with Gasteiger partial charge in [0.25, 0.3) is 0 Å². The molecule has 0 aliphatic carbocycles. The Morgan fingerprint density at radius 2 is 1.61 bits per heavy atom. The third kappa shape index (κ3) is 3.65. The summed E-state index contributed by atoms with van der Waals surface area (Å²) in [5.41, 5.74) is 6.23. The number of fused-ring (bicyclic) bond motifs is 6. The molecule has 5 nitrogen and oxygen atoms in total. The fourth-order valence-electron chi connectivity index (χ4n) is 5.87. The number of aryl methyl sites for hydroxylation is 1. The van der Waals surface area contributed by atoms with Gasteiger partial charge in [-0.15, -0.1) is 0 Å². The van der Waals surface area contributed by atoms with Gasteiger partial charge < -0.3 is 19.7 Å². The van der Waals surface area contributed by atoms with Crippen LogP contribution in [0.25, 0.3) is 0 Å². The highest BCUT2D eigenvalue weighted by atomic mass is 16.6. The normalized spacial score (nSPS) is 17.6. The second-order valence-corrected chi connectivity index (χ2v) is 10.0. The molecule has 2 aliphatic rings. The number of ether oxygens (including phenoxy) is 2. The van der Waals surface area contributed by atoms with E-state index in [-0.39, 0.29) is 12.0 Å². The third-order valence-corrected chi connectivity index (χ3v) is 7.79. The maximum Gasteiger partial charge on any atom is 0.340 e. The lowest BCUT2D eigenvalue weighted by molar-refractivity contribution is 0.0224. The second-order valence-electron chi connectivity index (χ2n) is 10.0. The molecule has 6 rings (SSSR count). The highest BCUT2D eigenvalue weighted by Crippen LogP contribution is 2.57. The summed E-state index contributed by atoms with van der Waals surface area (Å²) in [6.07, 6.45) is 0. The minimum Gasteiger partial charge on any atom is -0.456 e. The zero-order valence-corrected chi connectivity index (χ0v) is 22.2. The number of carbonyl (C=O) groups is 1. The lowest BCUT2D eigenvalue weighted by Gasteiger charge is -2.38. The first-order chi connectivity index (χ1) is 18.5. The Hall–Kier alpha value is -4.25. The van der Waals surface area contributed by atoms with Crippen molar-refractivity contribution >= 4 is 17.3 Å². The molecule has 38 heavy (non-hydrogen) atoms. The molecular weight excluding hydrogens is 472 g/mol. The van der Waals surface area contributed by atoms with E-state index in [0.717, 1.165) is 52.5 Å². The zero-order valence-electron chi connectivity index (χ0n) is 22.2. The topological polar surface area (TPSA) is 50.8 Å². The van der Waals surface area contributed by atoms with Crippen LogP contribution in [0.15, 0.2) is 84.9 Å². The summed E-state index contributed by atoms with van der Waals surface area (Å²) in [4.78, 5) is 15.6. The van der Waals surface area contributed by atoms with E-state index < -0.39 is 5.60 Å². The van der Waals surface area contributed by atoms with E-state index in [1.165, 1.54) is 5.56 Å². The fraction of sp³-hybridized carbons (Fsp3) is 0.242. The van der Waals surface area contributed by atoms with Gasteiger partial charge in [-0.25, -0.2) is 4.79 Å². The van der Waals surface area contributed by atoms with Crippen LogP contribution >= 0.6 is 0 Å². The molecule has 0 aromatic heterocycles. The SMILES string of the molecule is CCN(CC)c1ccc2c(c1)Oc1c(C)cc(NC(C)c3ccccc3)cc1C21OC(=O)c2ccccc21. The molecule has 1 N–H and O–H groups in total. The first-order valence-corrected chi connectivity index (χ1v) is 13.3. The summed E-state index contributed by atoms with van der Waals surface area (Å²) in [5.74, 6) is 1.13. The van der Waals surface area contributed by atoms with Gasteiger partial charge in [0.2, 0.25) is 0 Å². The van der Waals surface area contributed by atoms with Crippen molar-refractivity contribution in [1.82, 2.24) is 0 Å². The molecule has 192 valence electrons. The second kappa shape index (κ2) is 9.25. The van der Waals surface area contributed by atoms with Crippen LogP contribution in [0.4, 0.5) is 11.4 Å². The number of esters is 1. The minimum absolute atomic E-state index is 0.0939. The van der Waals surface area contributed by atoms with Crippen molar-refractivity contribution in [2.45, 2.75) is 39.3 Å². The van der Waals surface area contributed by atoms with Crippen molar-refractivity contribution in [2.75, 3.05) is 23.3 Å². The van der Waals surface area contributed by atoms with Crippen LogP contribution in [0.5, 0.6) is 11.5 Å². The van der Waals surface area contributed by atoms with Crippen molar-refractivity contribution in [3.63, 3.8) is 0 Å². The van der Waals surface area contributed by atoms with E-state index in [4.69, 9.17) is 9.47 Å². The molecular formula is C33H32N2O3. The zero-order chi connectivity index (χ0) is 26.4. The van der Waals surface area contributed by atoms with Crippen LogP contribution in [-0.2, 0) is 10.3 Å². The molecule has 1 spiro atoms. The molecule has 2 aliphatic heterocycles. The Kier molecular flexibility index (Phi) is 5.87. The predicted octanol–water partition coefficient (Wildman–Crippen LogP) is 7.58. The molecule has 0 radical (unpaired) electrons. The molecule has 2 atom stereocenters. The van der Waals surface area contributed by atoms with Gasteiger partial charge in [-0.1, -0.05) is 48.5 Å². The van der Waals surface area contributed by atoms with E-state index in [1.807, 2.05) is 49.4 Å². The summed E-state index contributed by atoms with van der Waals surface area (Å²) in [5, 5.41) is 3.65. The maximum atomic E-state index is 13.3. The Bertz CT molecular complexity index is 1530. The number of carbonyl (C=O) groups excluding carboxylic acids is 1. The molecule has 2 heterocycles. The Morgan fingerprint density at radius 1 is 0.868 bits per heavy atom. The van der Waals surface area contributed by atoms with Crippen molar-refractivity contribution < 1.29 is 14.3 Å². The van der Waals surface area contributed by atoms with Gasteiger partial charge in [0.05, 0.1) is 5.56 Å². The standard InChI is InChI=1S/C33H32N2O3/c1-5-35(6-2)25-16-17-28-30(20-25)37-31-21(3)18-24(34-22(4)23-12-8-7-9-13-23)19-29(31)33(28)27-15-11-10-14-26(27)32(36)38-33/h7-20,22,34H,5-6H2,1-4H3. The minimum atomic E-state index is -1.09. The van der Waals surface area contributed by atoms with Crippen molar-refractivity contribution in [3.8, 4) is 11.5 Å². The predicted molar refractivity (Wildman–Crippen MR) is 151 cm³/mol. The summed E-state index contributed by atoms with van der Waals surface area (Å²) >= 11 is 0. The van der Waals surface area contributed by atoms with Crippen LogP contribution < -0.4 is 15.0 Å². The number of rotatable bonds is 6. The summed E-state index contributed by atoms with van der Waals surface area (Å²) in [7, 11) is 0. The van der Waals surface area contributed by atoms with Crippen molar-refractivity contribution in [3.05, 3.63) is 118 Å². The summed E-state index contributed by atoms with van der Waals surface area (Å²) in [6.45, 7) is 10.3. The number of nitrogens with zero attached hydrogens (tertiary/aromatic N) is 1. The Labute approximate surface area is 224 Å². The Balaban J connectivity index is 1.54. The van der Waals surface area contributed by atoms with Gasteiger partial charge in [0.1, 0.15) is 11.5 Å². The van der Waals surface area contributed by atoms with E-state index in [9.17, 15) is 4.79 Å². The number of hydrogen-bond donors (Lipinski definition) is 1. The van der Waals surface area contributed by atoms with Crippen molar-refractivity contribution in [2.24, 2.45) is 0 Å². The summed E-state index contributed by atoms with van der Waals surface area (Å²) < 4.78 is 13.0. The van der Waals surface area contributed by atoms with E-state index >= 15 is 0 Å². The lowest BCUT2D eigenvalue weighted by Crippen LogP contribution is -2.33. The monoisotopic (exact) mass is 504 g/mol. The third-order valence-electron chi connectivity index (χ3n) is 7.79. The molecule has 0 saturated heterocycles. The van der Waals surface area contributed by atoms with Gasteiger partial charge in [-0.3, -0.25) is 0 Å². The van der Waals surface area contributed by atoms with Gasteiger partial charge in [0, 0.05) is 53.3 Å². The number of hydrogen-bond acceptors (Lipinski definition) is 5. The average Bonchev–Trinajstić information content (AvgIpc) is 3.23. The van der Waals surface area contributed by atoms with Crippen LogP contribution in [0.3, 0.4) is 0 Å². The molecule has 0 bridgehead atoms. The number of nitrogens with one attached hydrogen (secondary N) is 1. The highest BCUT2D eigenvalue weighted by molar-refractivity contribution is 5.97. The molecule has 5 heteroatoms. The average molecular weight is 505 g/mol. The largest absolute Gasteiger partial charge is 0.456 e. The molecule has 0 amide bonds. The maximum absolute atomic E-state index is 13.3. The van der Waals surface area contributed by atoms with Crippen LogP contribution in [0.2, 0.25) is 0 Å². The van der Waals surface area contributed by atoms with E-state index in [0.29, 0.717) is 11.3 Å². The number of anilines is 2. The van der Waals surface area contributed by atoms with Crippen LogP contribution in [-0.4, -0.2) is 19.1 Å². The van der Waals surface area contributed by atoms with E-state index in [1.54, 1.807) is 0 Å². The molecule has 2 unspecified atom stereocenters. The molecule has 4 aromatic rings. The molecule has 4 aromatic carbocycles. The van der Waals surface area contributed by atoms with Gasteiger partial charge >= 0.3 is 5.97 Å². The van der Waals surface area contributed by atoms with Gasteiger partial charge in [0.15, 0.2) is 5.60 Å². The summed E-state index contributed by atoms with van der Waals surface area (Å²) in [6, 6.07) is 28.6. The van der Waals surface area contributed by atoms with Gasteiger partial charge in [-0.05, 0) is 69.2 Å². The molecule has 0 saturated carbocycles. The quantitative estimate of drug-likeness (QED) is 0.274. The van der Waals surface area contributed by atoms with Crippen molar-refractivity contribution in [1.29, 1.82) is 0 Å². The molecule has 0 fully saturated rings. The lowest BCUT2D eigenvalue weighted by atomic mass is 9.77. The first-order valence-electron chi connectivity index (χ1n) is 13.3. The van der Waals surface area contributed by atoms with Gasteiger partial charge in [-0.2, -0.15) is 0 Å². The van der Waals surface area contributed by atoms with Crippen LogP contribution in [0.1, 0.15) is 65.0 Å². The van der Waals surface area contributed by atoms with Crippen LogP contribution in [0, 0.1) is 6.92 Å².